The van der Waals surface area contributed by atoms with Gasteiger partial charge < -0.3 is 5.11 Å². The zero-order valence-electron chi connectivity index (χ0n) is 11.8. The van der Waals surface area contributed by atoms with Gasteiger partial charge in [-0.3, -0.25) is 4.79 Å². The summed E-state index contributed by atoms with van der Waals surface area (Å²) in [6.45, 7) is 4.98. The van der Waals surface area contributed by atoms with E-state index in [0.717, 1.165) is 18.8 Å². The fourth-order valence-electron chi connectivity index (χ4n) is 6.58. The molecular weight excluding hydrogens is 224 g/mol. The lowest BCUT2D eigenvalue weighted by Crippen LogP contribution is -2.54. The van der Waals surface area contributed by atoms with Gasteiger partial charge in [-0.15, -0.1) is 0 Å². The molecule has 0 aromatic heterocycles. The Morgan fingerprint density at radius 1 is 1.11 bits per heavy atom. The number of hydrogen-bond donors (Lipinski definition) is 1. The van der Waals surface area contributed by atoms with Crippen molar-refractivity contribution in [2.75, 3.05) is 0 Å². The predicted octanol–water partition coefficient (Wildman–Crippen LogP) is 4.24. The van der Waals surface area contributed by atoms with E-state index >= 15 is 0 Å². The highest BCUT2D eigenvalue weighted by Gasteiger charge is 2.59. The first kappa shape index (κ1) is 12.5. The van der Waals surface area contributed by atoms with Crippen molar-refractivity contribution in [2.45, 2.75) is 71.6 Å². The van der Waals surface area contributed by atoms with Crippen molar-refractivity contribution in [3.63, 3.8) is 0 Å². The summed E-state index contributed by atoms with van der Waals surface area (Å²) >= 11 is 0. The summed E-state index contributed by atoms with van der Waals surface area (Å²) < 4.78 is 0. The van der Waals surface area contributed by atoms with Gasteiger partial charge in [-0.05, 0) is 73.5 Å². The number of carboxylic acid groups (broad SMARTS) is 1. The lowest BCUT2D eigenvalue weighted by atomic mass is 9.40. The fraction of sp³-hybridized carbons (Fsp3) is 0.938. The summed E-state index contributed by atoms with van der Waals surface area (Å²) in [4.78, 5) is 10.7. The second-order valence-electron chi connectivity index (χ2n) is 8.38. The van der Waals surface area contributed by atoms with Crippen molar-refractivity contribution in [2.24, 2.45) is 22.2 Å². The zero-order chi connectivity index (χ0) is 13.0. The van der Waals surface area contributed by atoms with Crippen molar-refractivity contribution in [1.29, 1.82) is 0 Å². The van der Waals surface area contributed by atoms with Crippen LogP contribution in [0.1, 0.15) is 71.6 Å². The molecule has 1 N–H and O–H groups in total. The maximum absolute atomic E-state index is 10.7. The van der Waals surface area contributed by atoms with Crippen molar-refractivity contribution in [3.8, 4) is 0 Å². The Morgan fingerprint density at radius 3 is 2.22 bits per heavy atom. The van der Waals surface area contributed by atoms with Crippen LogP contribution in [-0.4, -0.2) is 11.1 Å². The minimum Gasteiger partial charge on any atom is -0.481 e. The first-order valence-corrected chi connectivity index (χ1v) is 7.54. The van der Waals surface area contributed by atoms with Crippen molar-refractivity contribution >= 4 is 5.97 Å². The van der Waals surface area contributed by atoms with Gasteiger partial charge in [0, 0.05) is 6.42 Å². The molecule has 0 aromatic rings. The standard InChI is InChI=1S/C16H26O2/c1-14-6-12-7-15(2,9-14)11-16(8-12,10-14)5-3-4-13(17)18/h12H,3-11H2,1-2H3,(H,17,18). The zero-order valence-corrected chi connectivity index (χ0v) is 11.8. The van der Waals surface area contributed by atoms with Crippen molar-refractivity contribution in [3.05, 3.63) is 0 Å². The van der Waals surface area contributed by atoms with Gasteiger partial charge in [0.15, 0.2) is 0 Å². The number of carbonyl (C=O) groups is 1. The Balaban J connectivity index is 1.74. The molecule has 0 amide bonds. The number of rotatable bonds is 4. The molecular formula is C16H26O2. The molecule has 4 fully saturated rings. The van der Waals surface area contributed by atoms with Gasteiger partial charge in [-0.1, -0.05) is 13.8 Å². The lowest BCUT2D eigenvalue weighted by Gasteiger charge is -2.65. The van der Waals surface area contributed by atoms with Crippen LogP contribution >= 0.6 is 0 Å². The summed E-state index contributed by atoms with van der Waals surface area (Å²) in [7, 11) is 0. The van der Waals surface area contributed by atoms with E-state index in [9.17, 15) is 4.79 Å². The van der Waals surface area contributed by atoms with Crippen LogP contribution in [-0.2, 0) is 4.79 Å². The van der Waals surface area contributed by atoms with Crippen LogP contribution in [0.4, 0.5) is 0 Å². The van der Waals surface area contributed by atoms with E-state index in [0.29, 0.717) is 22.7 Å². The van der Waals surface area contributed by atoms with Crippen molar-refractivity contribution < 1.29 is 9.90 Å². The van der Waals surface area contributed by atoms with Crippen molar-refractivity contribution in [1.82, 2.24) is 0 Å². The van der Waals surface area contributed by atoms with Gasteiger partial charge in [-0.25, -0.2) is 0 Å². The summed E-state index contributed by atoms with van der Waals surface area (Å²) in [5, 5.41) is 8.83. The normalized spacial score (nSPS) is 49.6. The third kappa shape index (κ3) is 2.08. The molecule has 4 bridgehead atoms. The Labute approximate surface area is 110 Å². The summed E-state index contributed by atoms with van der Waals surface area (Å²) in [5.74, 6) is 0.304. The third-order valence-electron chi connectivity index (χ3n) is 5.84. The summed E-state index contributed by atoms with van der Waals surface area (Å²) in [6.07, 6.45) is 10.8. The molecule has 2 nitrogen and oxygen atoms in total. The molecule has 2 heteroatoms. The average molecular weight is 250 g/mol. The third-order valence-corrected chi connectivity index (χ3v) is 5.84. The molecule has 0 heterocycles. The van der Waals surface area contributed by atoms with E-state index in [1.165, 1.54) is 38.5 Å². The molecule has 18 heavy (non-hydrogen) atoms. The smallest absolute Gasteiger partial charge is 0.303 e. The summed E-state index contributed by atoms with van der Waals surface area (Å²) in [5.41, 5.74) is 1.63. The minimum absolute atomic E-state index is 0.361. The number of hydrogen-bond acceptors (Lipinski definition) is 1. The molecule has 0 radical (unpaired) electrons. The van der Waals surface area contributed by atoms with Crippen LogP contribution in [0.25, 0.3) is 0 Å². The highest BCUT2D eigenvalue weighted by Crippen LogP contribution is 2.70. The van der Waals surface area contributed by atoms with Crippen LogP contribution in [0.5, 0.6) is 0 Å². The quantitative estimate of drug-likeness (QED) is 0.810. The molecule has 4 saturated carbocycles. The van der Waals surface area contributed by atoms with Gasteiger partial charge in [0.1, 0.15) is 0 Å². The van der Waals surface area contributed by atoms with Crippen LogP contribution in [0.15, 0.2) is 0 Å². The Kier molecular flexibility index (Phi) is 2.60. The second-order valence-corrected chi connectivity index (χ2v) is 8.38. The molecule has 2 unspecified atom stereocenters. The van der Waals surface area contributed by atoms with Gasteiger partial charge in [-0.2, -0.15) is 0 Å². The highest BCUT2D eigenvalue weighted by atomic mass is 16.4. The average Bonchev–Trinajstić information content (AvgIpc) is 2.09. The fourth-order valence-corrected chi connectivity index (χ4v) is 6.58. The van der Waals surface area contributed by atoms with E-state index < -0.39 is 5.97 Å². The maximum Gasteiger partial charge on any atom is 0.303 e. The van der Waals surface area contributed by atoms with Crippen LogP contribution in [0, 0.1) is 22.2 Å². The van der Waals surface area contributed by atoms with E-state index in [1.807, 2.05) is 0 Å². The largest absolute Gasteiger partial charge is 0.481 e. The molecule has 0 aliphatic heterocycles. The van der Waals surface area contributed by atoms with E-state index in [2.05, 4.69) is 13.8 Å². The molecule has 2 atom stereocenters. The molecule has 0 saturated heterocycles. The Bertz CT molecular complexity index is 355. The van der Waals surface area contributed by atoms with E-state index in [1.54, 1.807) is 0 Å². The molecule has 0 spiro atoms. The predicted molar refractivity (Wildman–Crippen MR) is 71.3 cm³/mol. The minimum atomic E-state index is -0.628. The van der Waals surface area contributed by atoms with Crippen LogP contribution < -0.4 is 0 Å². The SMILES string of the molecule is CC12CC3CC(C)(C1)CC(CCCC(=O)O)(C3)C2. The maximum atomic E-state index is 10.7. The van der Waals surface area contributed by atoms with Crippen LogP contribution in [0.3, 0.4) is 0 Å². The van der Waals surface area contributed by atoms with Gasteiger partial charge in [0.05, 0.1) is 0 Å². The molecule has 0 aromatic carbocycles. The molecule has 102 valence electrons. The molecule has 4 aliphatic rings. The first-order valence-electron chi connectivity index (χ1n) is 7.54. The van der Waals surface area contributed by atoms with E-state index in [-0.39, 0.29) is 0 Å². The topological polar surface area (TPSA) is 37.3 Å². The number of carboxylic acids is 1. The lowest BCUT2D eigenvalue weighted by molar-refractivity contribution is -0.149. The van der Waals surface area contributed by atoms with Crippen LogP contribution in [0.2, 0.25) is 0 Å². The Morgan fingerprint density at radius 2 is 1.72 bits per heavy atom. The highest BCUT2D eigenvalue weighted by molar-refractivity contribution is 5.66. The monoisotopic (exact) mass is 250 g/mol. The van der Waals surface area contributed by atoms with Gasteiger partial charge in [0.25, 0.3) is 0 Å². The van der Waals surface area contributed by atoms with Gasteiger partial charge >= 0.3 is 5.97 Å². The number of aliphatic carboxylic acids is 1. The first-order chi connectivity index (χ1) is 8.32. The van der Waals surface area contributed by atoms with Gasteiger partial charge in [0.2, 0.25) is 0 Å². The summed E-state index contributed by atoms with van der Waals surface area (Å²) in [6, 6.07) is 0. The second kappa shape index (κ2) is 3.74. The Hall–Kier alpha value is -0.530. The molecule has 4 aliphatic carbocycles. The van der Waals surface area contributed by atoms with E-state index in [4.69, 9.17) is 5.11 Å². The molecule has 4 rings (SSSR count).